The van der Waals surface area contributed by atoms with Gasteiger partial charge in [-0.3, -0.25) is 9.59 Å². The van der Waals surface area contributed by atoms with Gasteiger partial charge < -0.3 is 14.2 Å². The summed E-state index contributed by atoms with van der Waals surface area (Å²) in [5.41, 5.74) is 0. The van der Waals surface area contributed by atoms with Gasteiger partial charge >= 0.3 is 11.9 Å². The Morgan fingerprint density at radius 3 is 1.26 bits per heavy atom. The lowest BCUT2D eigenvalue weighted by Gasteiger charge is -2.18. The van der Waals surface area contributed by atoms with Crippen LogP contribution in [0, 0.1) is 0 Å². The van der Waals surface area contributed by atoms with Gasteiger partial charge in [-0.15, -0.1) is 0 Å². The van der Waals surface area contributed by atoms with Gasteiger partial charge in [-0.25, -0.2) is 0 Å². The van der Waals surface area contributed by atoms with E-state index in [0.717, 1.165) is 89.9 Å². The average molecular weight is 809 g/mol. The first kappa shape index (κ1) is 55.3. The van der Waals surface area contributed by atoms with Crippen LogP contribution in [0.5, 0.6) is 0 Å². The second kappa shape index (κ2) is 48.7. The van der Waals surface area contributed by atoms with E-state index in [1.807, 2.05) is 0 Å². The molecule has 58 heavy (non-hydrogen) atoms. The van der Waals surface area contributed by atoms with Crippen molar-refractivity contribution in [2.24, 2.45) is 0 Å². The maximum absolute atomic E-state index is 12.6. The molecular weight excluding hydrogens is 717 g/mol. The van der Waals surface area contributed by atoms with Gasteiger partial charge in [-0.05, 0) is 89.9 Å². The Bertz CT molecular complexity index is 1050. The molecule has 0 aliphatic heterocycles. The molecule has 0 aromatic rings. The fraction of sp³-hybridized carbons (Fsp3) is 0.736. The molecule has 334 valence electrons. The molecule has 0 saturated carbocycles. The number of hydrogen-bond acceptors (Lipinski definition) is 5. The summed E-state index contributed by atoms with van der Waals surface area (Å²) in [4.78, 5) is 25.2. The number of hydrogen-bond donors (Lipinski definition) is 0. The molecule has 5 nitrogen and oxygen atoms in total. The summed E-state index contributed by atoms with van der Waals surface area (Å²) in [6.07, 6.45) is 62.1. The summed E-state index contributed by atoms with van der Waals surface area (Å²) in [5, 5.41) is 0. The lowest BCUT2D eigenvalue weighted by molar-refractivity contribution is -0.163. The van der Waals surface area contributed by atoms with Crippen LogP contribution in [0.4, 0.5) is 0 Å². The second-order valence-corrected chi connectivity index (χ2v) is 16.0. The molecular formula is C53H92O5. The predicted molar refractivity (Wildman–Crippen MR) is 251 cm³/mol. The fourth-order valence-electron chi connectivity index (χ4n) is 6.59. The van der Waals surface area contributed by atoms with Crippen molar-refractivity contribution >= 4 is 11.9 Å². The summed E-state index contributed by atoms with van der Waals surface area (Å²) in [6, 6.07) is 0. The highest BCUT2D eigenvalue weighted by atomic mass is 16.6. The molecule has 0 radical (unpaired) electrons. The van der Waals surface area contributed by atoms with Crippen LogP contribution >= 0.6 is 0 Å². The van der Waals surface area contributed by atoms with E-state index >= 15 is 0 Å². The Labute approximate surface area is 359 Å². The Balaban J connectivity index is 4.22. The third kappa shape index (κ3) is 46.0. The molecule has 5 heteroatoms. The maximum atomic E-state index is 12.6. The summed E-state index contributed by atoms with van der Waals surface area (Å²) < 4.78 is 17.3. The van der Waals surface area contributed by atoms with Crippen LogP contribution in [0.2, 0.25) is 0 Å². The van der Waals surface area contributed by atoms with Crippen LogP contribution in [0.3, 0.4) is 0 Å². The van der Waals surface area contributed by atoms with Crippen LogP contribution in [0.15, 0.2) is 72.9 Å². The molecule has 0 saturated heterocycles. The highest BCUT2D eigenvalue weighted by Gasteiger charge is 2.17. The van der Waals surface area contributed by atoms with Gasteiger partial charge in [0.25, 0.3) is 0 Å². The van der Waals surface area contributed by atoms with E-state index in [-0.39, 0.29) is 25.2 Å². The van der Waals surface area contributed by atoms with Crippen LogP contribution in [-0.4, -0.2) is 37.9 Å². The van der Waals surface area contributed by atoms with E-state index in [9.17, 15) is 9.59 Å². The largest absolute Gasteiger partial charge is 0.462 e. The van der Waals surface area contributed by atoms with Gasteiger partial charge in [-0.2, -0.15) is 0 Å². The first-order valence-electron chi connectivity index (χ1n) is 24.5. The van der Waals surface area contributed by atoms with E-state index in [0.29, 0.717) is 19.4 Å². The Kier molecular flexibility index (Phi) is 46.5. The van der Waals surface area contributed by atoms with Crippen LogP contribution in [0.25, 0.3) is 0 Å². The van der Waals surface area contributed by atoms with Crippen LogP contribution in [0.1, 0.15) is 226 Å². The lowest BCUT2D eigenvalue weighted by Crippen LogP contribution is -2.30. The molecule has 0 bridgehead atoms. The molecule has 0 aromatic carbocycles. The zero-order valence-corrected chi connectivity index (χ0v) is 38.3. The van der Waals surface area contributed by atoms with Crippen molar-refractivity contribution < 1.29 is 23.8 Å². The number of esters is 2. The van der Waals surface area contributed by atoms with E-state index in [2.05, 4.69) is 93.7 Å². The van der Waals surface area contributed by atoms with Gasteiger partial charge in [0, 0.05) is 19.4 Å². The van der Waals surface area contributed by atoms with Gasteiger partial charge in [0.1, 0.15) is 6.61 Å². The molecule has 0 fully saturated rings. The quantitative estimate of drug-likeness (QED) is 0.0348. The zero-order valence-electron chi connectivity index (χ0n) is 38.3. The van der Waals surface area contributed by atoms with E-state index < -0.39 is 6.10 Å². The van der Waals surface area contributed by atoms with Crippen LogP contribution < -0.4 is 0 Å². The van der Waals surface area contributed by atoms with Crippen molar-refractivity contribution in [2.45, 2.75) is 232 Å². The van der Waals surface area contributed by atoms with Gasteiger partial charge in [0.05, 0.1) is 6.61 Å². The number of carbonyl (C=O) groups excluding carboxylic acids is 2. The minimum Gasteiger partial charge on any atom is -0.462 e. The second-order valence-electron chi connectivity index (χ2n) is 16.0. The molecule has 0 amide bonds. The average Bonchev–Trinajstić information content (AvgIpc) is 3.22. The Morgan fingerprint density at radius 1 is 0.397 bits per heavy atom. The van der Waals surface area contributed by atoms with Gasteiger partial charge in [-0.1, -0.05) is 196 Å². The van der Waals surface area contributed by atoms with Gasteiger partial charge in [0.15, 0.2) is 6.10 Å². The number of unbranched alkanes of at least 4 members (excludes halogenated alkanes) is 21. The normalized spacial score (nSPS) is 12.8. The number of carbonyl (C=O) groups is 2. The zero-order chi connectivity index (χ0) is 42.1. The predicted octanol–water partition coefficient (Wildman–Crippen LogP) is 16.3. The number of allylic oxidation sites excluding steroid dienone is 12. The van der Waals surface area contributed by atoms with Crippen molar-refractivity contribution in [3.8, 4) is 0 Å². The Morgan fingerprint density at radius 2 is 0.776 bits per heavy atom. The maximum Gasteiger partial charge on any atom is 0.306 e. The molecule has 0 aliphatic carbocycles. The molecule has 1 atom stereocenters. The first-order chi connectivity index (χ1) is 28.6. The topological polar surface area (TPSA) is 61.8 Å². The molecule has 0 N–H and O–H groups in total. The molecule has 0 aliphatic rings. The van der Waals surface area contributed by atoms with Gasteiger partial charge in [0.2, 0.25) is 0 Å². The third-order valence-electron chi connectivity index (χ3n) is 10.2. The van der Waals surface area contributed by atoms with E-state index in [1.54, 1.807) is 0 Å². The summed E-state index contributed by atoms with van der Waals surface area (Å²) in [7, 11) is 0. The highest BCUT2D eigenvalue weighted by Crippen LogP contribution is 2.13. The fourth-order valence-corrected chi connectivity index (χ4v) is 6.59. The SMILES string of the molecule is CC/C=C\C/C=C\C/C=C\C/C=C\C/C=C\CCCCOCC(COC(=O)CCCCCCCCC/C=C\CCCCCCCC)OC(=O)CCCCCCCCC. The third-order valence-corrected chi connectivity index (χ3v) is 10.2. The van der Waals surface area contributed by atoms with Crippen molar-refractivity contribution in [2.75, 3.05) is 19.8 Å². The molecule has 0 aromatic heterocycles. The Hall–Kier alpha value is -2.66. The minimum atomic E-state index is -0.558. The highest BCUT2D eigenvalue weighted by molar-refractivity contribution is 5.70. The van der Waals surface area contributed by atoms with Crippen molar-refractivity contribution in [1.29, 1.82) is 0 Å². The lowest BCUT2D eigenvalue weighted by atomic mass is 10.1. The van der Waals surface area contributed by atoms with Crippen LogP contribution in [-0.2, 0) is 23.8 Å². The molecule has 0 heterocycles. The summed E-state index contributed by atoms with van der Waals surface area (Å²) in [6.45, 7) is 7.57. The first-order valence-corrected chi connectivity index (χ1v) is 24.5. The number of ether oxygens (including phenoxy) is 3. The standard InChI is InChI=1S/C53H92O5/c1-4-7-10-13-16-18-20-22-24-26-28-30-32-34-36-39-42-45-48-56-49-51(58-53(55)47-44-41-37-15-12-9-6-3)50-57-52(54)46-43-40-38-35-33-31-29-27-25-23-21-19-17-14-11-8-5-2/h7,10,16,18,22-25,28,30,34,36,51H,4-6,8-9,11-15,17,19-21,26-27,29,31-33,35,37-50H2,1-3H3/b10-7-,18-16-,24-22-,25-23-,30-28-,36-34-. The molecule has 0 rings (SSSR count). The smallest absolute Gasteiger partial charge is 0.306 e. The molecule has 0 spiro atoms. The number of rotatable bonds is 44. The summed E-state index contributed by atoms with van der Waals surface area (Å²) in [5.74, 6) is -0.432. The molecule has 1 unspecified atom stereocenters. The van der Waals surface area contributed by atoms with Crippen molar-refractivity contribution in [1.82, 2.24) is 0 Å². The van der Waals surface area contributed by atoms with E-state index in [4.69, 9.17) is 14.2 Å². The van der Waals surface area contributed by atoms with E-state index in [1.165, 1.54) is 103 Å². The minimum absolute atomic E-state index is 0.0645. The summed E-state index contributed by atoms with van der Waals surface area (Å²) >= 11 is 0. The van der Waals surface area contributed by atoms with Crippen molar-refractivity contribution in [3.63, 3.8) is 0 Å². The van der Waals surface area contributed by atoms with Crippen molar-refractivity contribution in [3.05, 3.63) is 72.9 Å². The monoisotopic (exact) mass is 809 g/mol.